The number of aliphatic carboxylic acids is 1. The van der Waals surface area contributed by atoms with Gasteiger partial charge in [-0.3, -0.25) is 4.79 Å². The summed E-state index contributed by atoms with van der Waals surface area (Å²) in [4.78, 5) is 10.3. The highest BCUT2D eigenvalue weighted by atomic mass is 16.4. The average molecular weight is 304 g/mol. The predicted molar refractivity (Wildman–Crippen MR) is 82.1 cm³/mol. The molecule has 0 aromatic rings. The number of aliphatic hydroxyl groups is 3. The van der Waals surface area contributed by atoms with Crippen molar-refractivity contribution >= 4 is 5.97 Å². The lowest BCUT2D eigenvalue weighted by Crippen LogP contribution is -2.25. The van der Waals surface area contributed by atoms with Gasteiger partial charge in [-0.2, -0.15) is 0 Å². The van der Waals surface area contributed by atoms with E-state index in [1.165, 1.54) is 0 Å². The lowest BCUT2D eigenvalue weighted by molar-refractivity contribution is -0.137. The normalized spacial score (nSPS) is 14.0. The van der Waals surface area contributed by atoms with Crippen LogP contribution >= 0.6 is 0 Å². The SMILES string of the molecule is O=C(O)CCCCCCC[C@@H](O)[C@@H](O)CCCCCCO. The van der Waals surface area contributed by atoms with Gasteiger partial charge in [0.05, 0.1) is 12.2 Å². The van der Waals surface area contributed by atoms with E-state index in [4.69, 9.17) is 10.2 Å². The van der Waals surface area contributed by atoms with Gasteiger partial charge >= 0.3 is 5.97 Å². The Kier molecular flexibility index (Phi) is 13.9. The molecule has 0 aliphatic carbocycles. The van der Waals surface area contributed by atoms with Crippen LogP contribution in [0, 0.1) is 0 Å². The maximum Gasteiger partial charge on any atom is 0.303 e. The summed E-state index contributed by atoms with van der Waals surface area (Å²) in [5, 5.41) is 36.8. The Bertz CT molecular complexity index is 245. The molecule has 0 fully saturated rings. The lowest BCUT2D eigenvalue weighted by Gasteiger charge is -2.17. The molecule has 0 aliphatic heterocycles. The molecule has 5 heteroatoms. The van der Waals surface area contributed by atoms with Gasteiger partial charge in [0.15, 0.2) is 0 Å². The van der Waals surface area contributed by atoms with E-state index in [1.807, 2.05) is 0 Å². The van der Waals surface area contributed by atoms with E-state index < -0.39 is 18.2 Å². The standard InChI is InChI=1S/C16H32O5/c17-13-9-5-4-7-11-15(19)14(18)10-6-2-1-3-8-12-16(20)21/h14-15,17-19H,1-13H2,(H,20,21)/t14-,15+/m1/s1. The quantitative estimate of drug-likeness (QED) is 0.348. The number of rotatable bonds is 15. The molecule has 0 radical (unpaired) electrons. The largest absolute Gasteiger partial charge is 0.481 e. The first kappa shape index (κ1) is 20.3. The number of carboxylic acid groups (broad SMARTS) is 1. The summed E-state index contributed by atoms with van der Waals surface area (Å²) in [6.45, 7) is 0.220. The molecule has 0 aromatic heterocycles. The Morgan fingerprint density at radius 2 is 1.14 bits per heavy atom. The topological polar surface area (TPSA) is 98.0 Å². The first-order chi connectivity index (χ1) is 10.1. The fraction of sp³-hybridized carbons (Fsp3) is 0.938. The van der Waals surface area contributed by atoms with Crippen LogP contribution in [0.25, 0.3) is 0 Å². The lowest BCUT2D eigenvalue weighted by atomic mass is 10.00. The van der Waals surface area contributed by atoms with Gasteiger partial charge in [-0.1, -0.05) is 44.9 Å². The monoisotopic (exact) mass is 304 g/mol. The van der Waals surface area contributed by atoms with Crippen molar-refractivity contribution in [2.24, 2.45) is 0 Å². The van der Waals surface area contributed by atoms with Gasteiger partial charge in [0.25, 0.3) is 0 Å². The Morgan fingerprint density at radius 3 is 1.62 bits per heavy atom. The molecule has 2 atom stereocenters. The Hall–Kier alpha value is -0.650. The van der Waals surface area contributed by atoms with Crippen LogP contribution in [-0.4, -0.2) is 45.2 Å². The van der Waals surface area contributed by atoms with Gasteiger partial charge in [0, 0.05) is 13.0 Å². The van der Waals surface area contributed by atoms with Gasteiger partial charge in [-0.25, -0.2) is 0 Å². The van der Waals surface area contributed by atoms with Gasteiger partial charge in [-0.15, -0.1) is 0 Å². The molecule has 0 aromatic carbocycles. The van der Waals surface area contributed by atoms with Gasteiger partial charge in [-0.05, 0) is 25.7 Å². The number of aliphatic hydroxyl groups excluding tert-OH is 3. The molecule has 5 nitrogen and oxygen atoms in total. The minimum absolute atomic E-state index is 0.220. The third-order valence-corrected chi connectivity index (χ3v) is 3.74. The van der Waals surface area contributed by atoms with Crippen LogP contribution in [0.1, 0.15) is 77.0 Å². The van der Waals surface area contributed by atoms with Crippen molar-refractivity contribution in [2.75, 3.05) is 6.61 Å². The number of hydrogen-bond acceptors (Lipinski definition) is 4. The maximum atomic E-state index is 10.3. The molecule has 0 spiro atoms. The van der Waals surface area contributed by atoms with Gasteiger partial charge < -0.3 is 20.4 Å². The van der Waals surface area contributed by atoms with Crippen LogP contribution in [0.5, 0.6) is 0 Å². The Labute approximate surface area is 128 Å². The molecule has 0 rings (SSSR count). The molecular weight excluding hydrogens is 272 g/mol. The molecule has 0 saturated heterocycles. The van der Waals surface area contributed by atoms with E-state index >= 15 is 0 Å². The van der Waals surface area contributed by atoms with Crippen molar-refractivity contribution in [2.45, 2.75) is 89.3 Å². The summed E-state index contributed by atoms with van der Waals surface area (Å²) < 4.78 is 0. The van der Waals surface area contributed by atoms with Crippen LogP contribution in [0.3, 0.4) is 0 Å². The zero-order chi connectivity index (χ0) is 15.9. The van der Waals surface area contributed by atoms with E-state index in [1.54, 1.807) is 0 Å². The second-order valence-electron chi connectivity index (χ2n) is 5.76. The summed E-state index contributed by atoms with van der Waals surface area (Å²) in [5.41, 5.74) is 0. The minimum atomic E-state index is -0.743. The second kappa shape index (κ2) is 14.3. The molecule has 4 N–H and O–H groups in total. The van der Waals surface area contributed by atoms with E-state index in [-0.39, 0.29) is 13.0 Å². The van der Waals surface area contributed by atoms with E-state index in [9.17, 15) is 15.0 Å². The van der Waals surface area contributed by atoms with Gasteiger partial charge in [0.2, 0.25) is 0 Å². The number of hydrogen-bond donors (Lipinski definition) is 4. The molecular formula is C16H32O5. The molecule has 0 bridgehead atoms. The van der Waals surface area contributed by atoms with E-state index in [0.717, 1.165) is 51.4 Å². The highest BCUT2D eigenvalue weighted by Crippen LogP contribution is 2.14. The number of carbonyl (C=O) groups is 1. The molecule has 0 heterocycles. The summed E-state index contributed by atoms with van der Waals surface area (Å²) in [6, 6.07) is 0. The molecule has 0 aliphatic rings. The molecule has 0 amide bonds. The Balaban J connectivity index is 3.38. The maximum absolute atomic E-state index is 10.3. The third kappa shape index (κ3) is 14.1. The van der Waals surface area contributed by atoms with Crippen LogP contribution < -0.4 is 0 Å². The first-order valence-corrected chi connectivity index (χ1v) is 8.26. The van der Waals surface area contributed by atoms with Crippen LogP contribution in [0.4, 0.5) is 0 Å². The highest BCUT2D eigenvalue weighted by Gasteiger charge is 2.15. The molecule has 0 unspecified atom stereocenters. The Morgan fingerprint density at radius 1 is 0.714 bits per heavy atom. The molecule has 126 valence electrons. The smallest absolute Gasteiger partial charge is 0.303 e. The summed E-state index contributed by atoms with van der Waals surface area (Å²) in [5.74, 6) is -0.743. The fourth-order valence-corrected chi connectivity index (χ4v) is 2.36. The van der Waals surface area contributed by atoms with Crippen molar-refractivity contribution in [3.63, 3.8) is 0 Å². The van der Waals surface area contributed by atoms with Crippen LogP contribution in [0.15, 0.2) is 0 Å². The number of carboxylic acids is 1. The van der Waals surface area contributed by atoms with Crippen molar-refractivity contribution in [3.8, 4) is 0 Å². The fourth-order valence-electron chi connectivity index (χ4n) is 2.36. The first-order valence-electron chi connectivity index (χ1n) is 8.26. The second-order valence-corrected chi connectivity index (χ2v) is 5.76. The molecule has 0 saturated carbocycles. The average Bonchev–Trinajstić information content (AvgIpc) is 2.45. The zero-order valence-electron chi connectivity index (χ0n) is 13.0. The summed E-state index contributed by atoms with van der Waals surface area (Å²) in [6.07, 6.45) is 8.25. The van der Waals surface area contributed by atoms with Gasteiger partial charge in [0.1, 0.15) is 0 Å². The van der Waals surface area contributed by atoms with Crippen LogP contribution in [0.2, 0.25) is 0 Å². The van der Waals surface area contributed by atoms with Crippen molar-refractivity contribution in [3.05, 3.63) is 0 Å². The summed E-state index contributed by atoms with van der Waals surface area (Å²) in [7, 11) is 0. The highest BCUT2D eigenvalue weighted by molar-refractivity contribution is 5.66. The van der Waals surface area contributed by atoms with E-state index in [0.29, 0.717) is 19.3 Å². The summed E-state index contributed by atoms with van der Waals surface area (Å²) >= 11 is 0. The van der Waals surface area contributed by atoms with E-state index in [2.05, 4.69) is 0 Å². The van der Waals surface area contributed by atoms with Crippen LogP contribution in [-0.2, 0) is 4.79 Å². The third-order valence-electron chi connectivity index (χ3n) is 3.74. The molecule has 21 heavy (non-hydrogen) atoms. The van der Waals surface area contributed by atoms with Crippen molar-refractivity contribution in [1.29, 1.82) is 0 Å². The van der Waals surface area contributed by atoms with Crippen molar-refractivity contribution in [1.82, 2.24) is 0 Å². The zero-order valence-corrected chi connectivity index (χ0v) is 13.0. The predicted octanol–water partition coefficient (Wildman–Crippen LogP) is 2.47. The van der Waals surface area contributed by atoms with Crippen molar-refractivity contribution < 1.29 is 25.2 Å². The number of unbranched alkanes of at least 4 members (excludes halogenated alkanes) is 7. The minimum Gasteiger partial charge on any atom is -0.481 e.